The number of hydrogen-bond acceptors (Lipinski definition) is 9. The predicted octanol–water partition coefficient (Wildman–Crippen LogP) is 6.83. The number of carbonyl (C=O) groups excluding carboxylic acids is 3. The number of anilines is 4. The van der Waals surface area contributed by atoms with Crippen LogP contribution in [0.4, 0.5) is 27.8 Å². The Bertz CT molecular complexity index is 1650. The summed E-state index contributed by atoms with van der Waals surface area (Å²) in [7, 11) is 5.85. The van der Waals surface area contributed by atoms with E-state index in [0.29, 0.717) is 45.5 Å². The van der Waals surface area contributed by atoms with Gasteiger partial charge in [0.15, 0.2) is 0 Å². The summed E-state index contributed by atoms with van der Waals surface area (Å²) in [6.07, 6.45) is 4.28. The molecule has 4 aromatic rings. The van der Waals surface area contributed by atoms with Crippen molar-refractivity contribution >= 4 is 63.8 Å². The van der Waals surface area contributed by atoms with Crippen molar-refractivity contribution in [1.29, 1.82) is 0 Å². The molecule has 0 aliphatic heterocycles. The molecule has 0 radical (unpaired) electrons. The van der Waals surface area contributed by atoms with E-state index in [0.717, 1.165) is 30.4 Å². The Morgan fingerprint density at radius 2 is 1.82 bits per heavy atom. The molecule has 0 bridgehead atoms. The van der Waals surface area contributed by atoms with Crippen molar-refractivity contribution in [1.82, 2.24) is 19.4 Å². The smallest absolute Gasteiger partial charge is 0.419 e. The molecule has 0 saturated carbocycles. The van der Waals surface area contributed by atoms with Gasteiger partial charge in [-0.2, -0.15) is 0 Å². The topological polar surface area (TPSA) is 122 Å². The molecule has 0 saturated heterocycles. The van der Waals surface area contributed by atoms with Crippen LogP contribution in [0.15, 0.2) is 54.9 Å². The molecule has 4 rings (SSSR count). The lowest BCUT2D eigenvalue weighted by atomic mass is 10.1. The number of fused-ring (bicyclic) bond motifs is 1. The van der Waals surface area contributed by atoms with Crippen LogP contribution in [-0.2, 0) is 14.3 Å². The number of aldehydes is 1. The van der Waals surface area contributed by atoms with Crippen molar-refractivity contribution in [2.45, 2.75) is 46.6 Å². The Morgan fingerprint density at radius 1 is 1.11 bits per heavy atom. The molecule has 0 aliphatic rings. The molecule has 0 fully saturated rings. The van der Waals surface area contributed by atoms with E-state index in [2.05, 4.69) is 20.6 Å². The van der Waals surface area contributed by atoms with E-state index in [4.69, 9.17) is 16.3 Å². The maximum Gasteiger partial charge on any atom is 0.419 e. The molecule has 2 aromatic carbocycles. The maximum absolute atomic E-state index is 12.9. The summed E-state index contributed by atoms with van der Waals surface area (Å²) < 4.78 is 7.06. The van der Waals surface area contributed by atoms with Gasteiger partial charge in [0.1, 0.15) is 11.9 Å². The first-order valence-corrected chi connectivity index (χ1v) is 15.0. The lowest BCUT2D eigenvalue weighted by Crippen LogP contribution is -2.26. The quantitative estimate of drug-likeness (QED) is 0.191. The molecular weight excluding hydrogens is 594 g/mol. The number of carbonyl (C=O) groups is 3. The number of hydrogen-bond donors (Lipinski definition) is 2. The zero-order chi connectivity index (χ0) is 33.3. The van der Waals surface area contributed by atoms with Gasteiger partial charge < -0.3 is 30.0 Å². The second kappa shape index (κ2) is 15.5. The summed E-state index contributed by atoms with van der Waals surface area (Å²) in [6, 6.07) is 13.1. The highest BCUT2D eigenvalue weighted by Gasteiger charge is 2.23. The average molecular weight is 636 g/mol. The molecule has 11 nitrogen and oxygen atoms in total. The van der Waals surface area contributed by atoms with Crippen molar-refractivity contribution in [3.05, 3.63) is 59.9 Å². The van der Waals surface area contributed by atoms with E-state index in [1.807, 2.05) is 101 Å². The Morgan fingerprint density at radius 3 is 2.42 bits per heavy atom. The minimum absolute atomic E-state index is 0.167. The standard InChI is InChI=1S/C28H31ClN6O3.C5H11NO/c1-7-34(6)24-13-12-18(14-22(24)31-17(2)36)32-26-30-15-21(29)25(33-26)20-16-35(27(37)38-28(3,4)5)23-11-9-8-10-19(20)23;1-6(2)4-3-5-7/h8-16H,7H2,1-6H3,(H,31,36)(H,30,32,33);5H,3-4H2,1-2H3. The van der Waals surface area contributed by atoms with Gasteiger partial charge in [0.2, 0.25) is 11.9 Å². The van der Waals surface area contributed by atoms with Gasteiger partial charge in [-0.05, 0) is 66.1 Å². The number of para-hydroxylation sites is 1. The van der Waals surface area contributed by atoms with Gasteiger partial charge in [-0.3, -0.25) is 9.36 Å². The van der Waals surface area contributed by atoms with Crippen molar-refractivity contribution < 1.29 is 19.1 Å². The Hall–Kier alpha value is -4.48. The van der Waals surface area contributed by atoms with Crippen LogP contribution in [0, 0.1) is 0 Å². The van der Waals surface area contributed by atoms with Crippen LogP contribution in [-0.4, -0.2) is 77.6 Å². The first-order chi connectivity index (χ1) is 21.2. The molecule has 1 amide bonds. The zero-order valence-corrected chi connectivity index (χ0v) is 27.9. The van der Waals surface area contributed by atoms with E-state index < -0.39 is 11.7 Å². The molecule has 0 unspecified atom stereocenters. The van der Waals surface area contributed by atoms with Gasteiger partial charge in [-0.15, -0.1) is 0 Å². The average Bonchev–Trinajstić information content (AvgIpc) is 3.36. The highest BCUT2D eigenvalue weighted by atomic mass is 35.5. The fourth-order valence-corrected chi connectivity index (χ4v) is 4.49. The highest BCUT2D eigenvalue weighted by molar-refractivity contribution is 6.33. The fourth-order valence-electron chi connectivity index (χ4n) is 4.29. The fraction of sp³-hybridized carbons (Fsp3) is 0.364. The molecule has 2 aromatic heterocycles. The lowest BCUT2D eigenvalue weighted by molar-refractivity contribution is -0.114. The summed E-state index contributed by atoms with van der Waals surface area (Å²) >= 11 is 6.55. The minimum atomic E-state index is -0.649. The van der Waals surface area contributed by atoms with E-state index >= 15 is 0 Å². The van der Waals surface area contributed by atoms with Crippen LogP contribution < -0.4 is 15.5 Å². The largest absolute Gasteiger partial charge is 0.443 e. The van der Waals surface area contributed by atoms with Crippen LogP contribution in [0.3, 0.4) is 0 Å². The molecule has 2 heterocycles. The summed E-state index contributed by atoms with van der Waals surface area (Å²) in [4.78, 5) is 47.5. The zero-order valence-electron chi connectivity index (χ0n) is 27.1. The summed E-state index contributed by atoms with van der Waals surface area (Å²) in [5.41, 5.74) is 3.40. The van der Waals surface area contributed by atoms with Crippen molar-refractivity contribution in [2.24, 2.45) is 0 Å². The van der Waals surface area contributed by atoms with Gasteiger partial charge in [-0.1, -0.05) is 29.8 Å². The first-order valence-electron chi connectivity index (χ1n) is 14.6. The number of nitrogens with one attached hydrogen (secondary N) is 2. The SMILES string of the molecule is CCN(C)c1ccc(Nc2ncc(Cl)c(-c3cn(C(=O)OC(C)(C)C)c4ccccc34)n2)cc1NC(C)=O.CN(C)CCC=O. The number of halogens is 1. The summed E-state index contributed by atoms with van der Waals surface area (Å²) in [5, 5.41) is 7.21. The number of rotatable bonds is 9. The number of ether oxygens (including phenoxy) is 1. The van der Waals surface area contributed by atoms with Gasteiger partial charge in [0.05, 0.1) is 33.8 Å². The van der Waals surface area contributed by atoms with E-state index in [-0.39, 0.29) is 5.91 Å². The second-order valence-corrected chi connectivity index (χ2v) is 12.0. The number of amides is 1. The molecule has 0 spiro atoms. The second-order valence-electron chi connectivity index (χ2n) is 11.6. The predicted molar refractivity (Wildman–Crippen MR) is 182 cm³/mol. The molecule has 0 atom stereocenters. The third kappa shape index (κ3) is 9.75. The monoisotopic (exact) mass is 635 g/mol. The Balaban J connectivity index is 0.000000707. The minimum Gasteiger partial charge on any atom is -0.443 e. The van der Waals surface area contributed by atoms with E-state index in [1.165, 1.54) is 17.7 Å². The van der Waals surface area contributed by atoms with Crippen molar-refractivity contribution in [3.8, 4) is 11.3 Å². The Labute approximate surface area is 269 Å². The third-order valence-corrected chi connectivity index (χ3v) is 6.72. The van der Waals surface area contributed by atoms with Gasteiger partial charge in [0, 0.05) is 56.3 Å². The lowest BCUT2D eigenvalue weighted by Gasteiger charge is -2.21. The summed E-state index contributed by atoms with van der Waals surface area (Å²) in [6.45, 7) is 10.6. The normalized spacial score (nSPS) is 11.1. The van der Waals surface area contributed by atoms with Crippen LogP contribution in [0.5, 0.6) is 0 Å². The van der Waals surface area contributed by atoms with Crippen LogP contribution >= 0.6 is 11.6 Å². The van der Waals surface area contributed by atoms with Crippen molar-refractivity contribution in [3.63, 3.8) is 0 Å². The van der Waals surface area contributed by atoms with Crippen LogP contribution in [0.25, 0.3) is 22.2 Å². The molecule has 240 valence electrons. The van der Waals surface area contributed by atoms with Gasteiger partial charge in [0.25, 0.3) is 0 Å². The molecular formula is C33H42ClN7O4. The molecule has 12 heteroatoms. The molecule has 2 N–H and O–H groups in total. The van der Waals surface area contributed by atoms with Crippen molar-refractivity contribution in [2.75, 3.05) is 49.8 Å². The number of nitrogens with zero attached hydrogens (tertiary/aromatic N) is 5. The number of aromatic nitrogens is 3. The Kier molecular flexibility index (Phi) is 12.1. The van der Waals surface area contributed by atoms with Gasteiger partial charge in [-0.25, -0.2) is 14.8 Å². The maximum atomic E-state index is 12.9. The molecule has 45 heavy (non-hydrogen) atoms. The van der Waals surface area contributed by atoms with Gasteiger partial charge >= 0.3 is 6.09 Å². The highest BCUT2D eigenvalue weighted by Crippen LogP contribution is 2.35. The van der Waals surface area contributed by atoms with E-state index in [1.54, 1.807) is 6.20 Å². The third-order valence-electron chi connectivity index (χ3n) is 6.44. The molecule has 0 aliphatic carbocycles. The van der Waals surface area contributed by atoms with Crippen LogP contribution in [0.2, 0.25) is 5.02 Å². The van der Waals surface area contributed by atoms with E-state index in [9.17, 15) is 14.4 Å². The van der Waals surface area contributed by atoms with Crippen LogP contribution in [0.1, 0.15) is 41.0 Å². The first kappa shape index (κ1) is 35.0. The number of benzene rings is 2. The summed E-state index contributed by atoms with van der Waals surface area (Å²) in [5.74, 6) is 0.142.